The minimum Gasteiger partial charge on any atom is -0.454 e. The Kier molecular flexibility index (Phi) is 5.97. The summed E-state index contributed by atoms with van der Waals surface area (Å²) in [6.07, 6.45) is 21.0. The summed E-state index contributed by atoms with van der Waals surface area (Å²) in [6.45, 7) is 0. The first-order chi connectivity index (χ1) is 10.8. The average molecular weight is 304 g/mol. The molecule has 2 nitrogen and oxygen atoms in total. The number of esters is 1. The second-order valence-electron chi connectivity index (χ2n) is 7.72. The molecule has 0 amide bonds. The summed E-state index contributed by atoms with van der Waals surface area (Å²) in [7, 11) is 0. The molecule has 3 rings (SSSR count). The summed E-state index contributed by atoms with van der Waals surface area (Å²) in [5.74, 6) is 1.75. The van der Waals surface area contributed by atoms with Gasteiger partial charge < -0.3 is 4.74 Å². The highest BCUT2D eigenvalue weighted by atomic mass is 16.6. The van der Waals surface area contributed by atoms with Crippen molar-refractivity contribution in [3.8, 4) is 0 Å². The maximum absolute atomic E-state index is 11.7. The van der Waals surface area contributed by atoms with Gasteiger partial charge in [-0.2, -0.15) is 0 Å². The fourth-order valence-corrected chi connectivity index (χ4v) is 4.58. The van der Waals surface area contributed by atoms with Gasteiger partial charge in [-0.15, -0.1) is 0 Å². The Labute approximate surface area is 135 Å². The normalized spacial score (nSPS) is 29.4. The van der Waals surface area contributed by atoms with Crippen LogP contribution in [0, 0.1) is 11.8 Å². The van der Waals surface area contributed by atoms with Crippen LogP contribution in [0.3, 0.4) is 0 Å². The highest BCUT2D eigenvalue weighted by molar-refractivity contribution is 5.95. The number of rotatable bonds is 6. The molecular formula is C20H32O2. The van der Waals surface area contributed by atoms with Crippen molar-refractivity contribution in [1.29, 1.82) is 0 Å². The van der Waals surface area contributed by atoms with Crippen molar-refractivity contribution in [3.05, 3.63) is 11.6 Å². The first kappa shape index (κ1) is 16.1. The highest BCUT2D eigenvalue weighted by Crippen LogP contribution is 2.33. The Morgan fingerprint density at radius 1 is 0.818 bits per heavy atom. The van der Waals surface area contributed by atoms with E-state index in [-0.39, 0.29) is 12.1 Å². The van der Waals surface area contributed by atoms with Crippen LogP contribution in [0.2, 0.25) is 0 Å². The molecule has 3 fully saturated rings. The van der Waals surface area contributed by atoms with Crippen LogP contribution in [0.4, 0.5) is 0 Å². The molecule has 0 aromatic heterocycles. The van der Waals surface area contributed by atoms with Gasteiger partial charge in [-0.05, 0) is 37.5 Å². The molecule has 1 heterocycles. The van der Waals surface area contributed by atoms with Gasteiger partial charge in [-0.1, -0.05) is 70.3 Å². The molecule has 1 unspecified atom stereocenters. The Balaban J connectivity index is 1.38. The lowest BCUT2D eigenvalue weighted by Crippen LogP contribution is -2.37. The number of allylic oxidation sites excluding steroid dienone is 1. The lowest BCUT2D eigenvalue weighted by Gasteiger charge is -2.31. The summed E-state index contributed by atoms with van der Waals surface area (Å²) in [4.78, 5) is 11.7. The van der Waals surface area contributed by atoms with Gasteiger partial charge in [0, 0.05) is 0 Å². The lowest BCUT2D eigenvalue weighted by atomic mass is 9.83. The third-order valence-electron chi connectivity index (χ3n) is 6.06. The number of ether oxygens (including phenoxy) is 1. The van der Waals surface area contributed by atoms with Crippen LogP contribution in [0.5, 0.6) is 0 Å². The molecule has 22 heavy (non-hydrogen) atoms. The van der Waals surface area contributed by atoms with Crippen molar-refractivity contribution in [3.63, 3.8) is 0 Å². The smallest absolute Gasteiger partial charge is 0.338 e. The van der Waals surface area contributed by atoms with Crippen molar-refractivity contribution >= 4 is 5.97 Å². The van der Waals surface area contributed by atoms with Gasteiger partial charge >= 0.3 is 5.97 Å². The molecule has 0 aromatic rings. The minimum atomic E-state index is -0.0442. The molecule has 1 saturated heterocycles. The zero-order valence-electron chi connectivity index (χ0n) is 14.0. The van der Waals surface area contributed by atoms with Crippen LogP contribution in [-0.4, -0.2) is 12.1 Å². The number of carbonyl (C=O) groups excluding carboxylic acids is 1. The molecule has 0 aromatic carbocycles. The molecule has 124 valence electrons. The molecule has 2 saturated carbocycles. The number of hydrogen-bond donors (Lipinski definition) is 0. The molecule has 2 heteroatoms. The average Bonchev–Trinajstić information content (AvgIpc) is 2.57. The zero-order chi connectivity index (χ0) is 15.2. The SMILES string of the molecule is O=C1OC(CCC2CCCCC2)/C1=C/CCC1CCCCC1. The minimum absolute atomic E-state index is 0.0442. The number of carbonyl (C=O) groups is 1. The van der Waals surface area contributed by atoms with E-state index in [0.29, 0.717) is 0 Å². The monoisotopic (exact) mass is 304 g/mol. The predicted octanol–water partition coefficient (Wildman–Crippen LogP) is 5.56. The van der Waals surface area contributed by atoms with Gasteiger partial charge in [0.05, 0.1) is 5.57 Å². The van der Waals surface area contributed by atoms with E-state index >= 15 is 0 Å². The summed E-state index contributed by atoms with van der Waals surface area (Å²) in [6, 6.07) is 0. The van der Waals surface area contributed by atoms with Gasteiger partial charge in [0.25, 0.3) is 0 Å². The lowest BCUT2D eigenvalue weighted by molar-refractivity contribution is -0.156. The van der Waals surface area contributed by atoms with Crippen LogP contribution in [0.15, 0.2) is 11.6 Å². The van der Waals surface area contributed by atoms with E-state index in [4.69, 9.17) is 4.74 Å². The molecular weight excluding hydrogens is 272 g/mol. The summed E-state index contributed by atoms with van der Waals surface area (Å²) in [5.41, 5.74) is 0.992. The van der Waals surface area contributed by atoms with Crippen LogP contribution in [-0.2, 0) is 9.53 Å². The van der Waals surface area contributed by atoms with E-state index in [1.807, 2.05) is 0 Å². The standard InChI is InChI=1S/C20H32O2/c21-20-18(13-7-12-16-8-3-1-4-9-16)19(22-20)15-14-17-10-5-2-6-11-17/h13,16-17,19H,1-12,14-15H2/b18-13-. The molecule has 1 atom stereocenters. The van der Waals surface area contributed by atoms with Crippen molar-refractivity contribution < 1.29 is 9.53 Å². The van der Waals surface area contributed by atoms with E-state index in [9.17, 15) is 4.79 Å². The van der Waals surface area contributed by atoms with Gasteiger partial charge in [0.15, 0.2) is 0 Å². The van der Waals surface area contributed by atoms with Crippen molar-refractivity contribution in [2.24, 2.45) is 11.8 Å². The Bertz CT molecular complexity index is 387. The Morgan fingerprint density at radius 3 is 2.00 bits per heavy atom. The number of hydrogen-bond acceptors (Lipinski definition) is 2. The van der Waals surface area contributed by atoms with E-state index in [1.54, 1.807) is 0 Å². The first-order valence-electron chi connectivity index (χ1n) is 9.74. The van der Waals surface area contributed by atoms with Gasteiger partial charge in [-0.25, -0.2) is 4.79 Å². The topological polar surface area (TPSA) is 26.3 Å². The maximum atomic E-state index is 11.7. The second-order valence-corrected chi connectivity index (χ2v) is 7.72. The number of cyclic esters (lactones) is 1. The molecule has 0 spiro atoms. The largest absolute Gasteiger partial charge is 0.454 e. The summed E-state index contributed by atoms with van der Waals surface area (Å²) >= 11 is 0. The fourth-order valence-electron chi connectivity index (χ4n) is 4.58. The Hall–Kier alpha value is -0.790. The van der Waals surface area contributed by atoms with E-state index < -0.39 is 0 Å². The molecule has 0 bridgehead atoms. The fraction of sp³-hybridized carbons (Fsp3) is 0.850. The van der Waals surface area contributed by atoms with E-state index in [0.717, 1.165) is 30.3 Å². The molecule has 0 N–H and O–H groups in total. The van der Waals surface area contributed by atoms with Crippen LogP contribution in [0.1, 0.15) is 89.9 Å². The molecule has 3 aliphatic rings. The predicted molar refractivity (Wildman–Crippen MR) is 89.6 cm³/mol. The first-order valence-corrected chi connectivity index (χ1v) is 9.74. The van der Waals surface area contributed by atoms with E-state index in [1.165, 1.54) is 77.0 Å². The second kappa shape index (κ2) is 8.17. The third-order valence-corrected chi connectivity index (χ3v) is 6.06. The molecule has 1 aliphatic heterocycles. The van der Waals surface area contributed by atoms with Crippen molar-refractivity contribution in [2.75, 3.05) is 0 Å². The van der Waals surface area contributed by atoms with Gasteiger partial charge in [-0.3, -0.25) is 0 Å². The third kappa shape index (κ3) is 4.36. The summed E-state index contributed by atoms with van der Waals surface area (Å²) < 4.78 is 5.38. The Morgan fingerprint density at radius 2 is 1.41 bits per heavy atom. The van der Waals surface area contributed by atoms with Crippen LogP contribution in [0.25, 0.3) is 0 Å². The van der Waals surface area contributed by atoms with Gasteiger partial charge in [0.1, 0.15) is 6.10 Å². The van der Waals surface area contributed by atoms with Crippen molar-refractivity contribution in [2.45, 2.75) is 96.0 Å². The molecule has 0 radical (unpaired) electrons. The zero-order valence-corrected chi connectivity index (χ0v) is 14.0. The van der Waals surface area contributed by atoms with Crippen LogP contribution < -0.4 is 0 Å². The maximum Gasteiger partial charge on any atom is 0.338 e. The van der Waals surface area contributed by atoms with Crippen molar-refractivity contribution in [1.82, 2.24) is 0 Å². The highest BCUT2D eigenvalue weighted by Gasteiger charge is 2.35. The van der Waals surface area contributed by atoms with Crippen LogP contribution >= 0.6 is 0 Å². The molecule has 2 aliphatic carbocycles. The van der Waals surface area contributed by atoms with E-state index in [2.05, 4.69) is 6.08 Å². The quantitative estimate of drug-likeness (QED) is 0.474. The van der Waals surface area contributed by atoms with Gasteiger partial charge in [0.2, 0.25) is 0 Å². The summed E-state index contributed by atoms with van der Waals surface area (Å²) in [5, 5.41) is 0.